The van der Waals surface area contributed by atoms with Crippen LogP contribution in [0.4, 0.5) is 0 Å². The monoisotopic (exact) mass is 455 g/mol. The van der Waals surface area contributed by atoms with Gasteiger partial charge in [0.15, 0.2) is 0 Å². The lowest BCUT2D eigenvalue weighted by Gasteiger charge is -2.04. The summed E-state index contributed by atoms with van der Waals surface area (Å²) in [5, 5.41) is 9.33. The highest BCUT2D eigenvalue weighted by Crippen LogP contribution is 2.15. The van der Waals surface area contributed by atoms with E-state index in [1.165, 1.54) is 154 Å². The van der Waals surface area contributed by atoms with Crippen LogP contribution in [0.1, 0.15) is 174 Å². The number of nitrogens with zero attached hydrogens (tertiary/aromatic N) is 1. The van der Waals surface area contributed by atoms with Crippen LogP contribution in [0.2, 0.25) is 0 Å². The minimum atomic E-state index is -0.694. The normalized spacial score (nSPS) is 11.2. The molecular formula is C28H57NO3. The van der Waals surface area contributed by atoms with Gasteiger partial charge in [-0.2, -0.15) is 0 Å². The predicted octanol–water partition coefficient (Wildman–Crippen LogP) is 10.4. The molecule has 0 aromatic rings. The summed E-state index contributed by atoms with van der Waals surface area (Å²) in [6.45, 7) is 2.55. The van der Waals surface area contributed by atoms with E-state index in [-0.39, 0.29) is 6.61 Å². The standard InChI is InChI=1S/C28H57NO3/c1-2-3-4-5-6-7-8-9-10-11-12-13-14-15-16-17-18-19-20-21-22-23-24-25-26-27-28-32-29(30)31/h2-28H2,1H3. The second-order valence-electron chi connectivity index (χ2n) is 9.90. The molecular weight excluding hydrogens is 398 g/mol. The zero-order valence-electron chi connectivity index (χ0n) is 21.8. The molecule has 0 aromatic heterocycles. The van der Waals surface area contributed by atoms with Gasteiger partial charge in [0, 0.05) is 0 Å². The van der Waals surface area contributed by atoms with Crippen LogP contribution in [0.3, 0.4) is 0 Å². The van der Waals surface area contributed by atoms with E-state index in [2.05, 4.69) is 11.8 Å². The van der Waals surface area contributed by atoms with Crippen molar-refractivity contribution in [3.8, 4) is 0 Å². The zero-order chi connectivity index (χ0) is 23.4. The van der Waals surface area contributed by atoms with E-state index >= 15 is 0 Å². The summed E-state index contributed by atoms with van der Waals surface area (Å²) in [7, 11) is 0. The van der Waals surface area contributed by atoms with Crippen molar-refractivity contribution in [3.05, 3.63) is 10.1 Å². The van der Waals surface area contributed by atoms with Crippen molar-refractivity contribution < 1.29 is 9.92 Å². The van der Waals surface area contributed by atoms with E-state index < -0.39 is 5.09 Å². The largest absolute Gasteiger partial charge is 0.314 e. The molecule has 0 rings (SSSR count). The third-order valence-electron chi connectivity index (χ3n) is 6.69. The van der Waals surface area contributed by atoms with Crippen molar-refractivity contribution in [2.45, 2.75) is 174 Å². The lowest BCUT2D eigenvalue weighted by atomic mass is 10.0. The maximum atomic E-state index is 10.0. The number of unbranched alkanes of at least 4 members (excludes halogenated alkanes) is 25. The molecule has 0 amide bonds. The SMILES string of the molecule is CCCCCCCCCCCCCCCCCCCCCCCCCCCCO[N+](=O)[O-]. The molecule has 192 valence electrons. The Labute approximate surface area is 200 Å². The van der Waals surface area contributed by atoms with Gasteiger partial charge in [0.2, 0.25) is 0 Å². The molecule has 0 spiro atoms. The highest BCUT2D eigenvalue weighted by molar-refractivity contribution is 4.51. The second-order valence-corrected chi connectivity index (χ2v) is 9.90. The predicted molar refractivity (Wildman–Crippen MR) is 139 cm³/mol. The van der Waals surface area contributed by atoms with Gasteiger partial charge in [0.1, 0.15) is 0 Å². The summed E-state index contributed by atoms with van der Waals surface area (Å²) < 4.78 is 0. The molecule has 0 N–H and O–H groups in total. The fraction of sp³-hybridized carbons (Fsp3) is 1.00. The highest BCUT2D eigenvalue weighted by Gasteiger charge is 1.97. The van der Waals surface area contributed by atoms with Gasteiger partial charge in [-0.25, -0.2) is 0 Å². The van der Waals surface area contributed by atoms with Crippen molar-refractivity contribution in [1.82, 2.24) is 0 Å². The first kappa shape index (κ1) is 31.2. The lowest BCUT2D eigenvalue weighted by Crippen LogP contribution is -2.01. The van der Waals surface area contributed by atoms with Crippen molar-refractivity contribution in [3.63, 3.8) is 0 Å². The number of hydrogen-bond donors (Lipinski definition) is 0. The third-order valence-corrected chi connectivity index (χ3v) is 6.69. The fourth-order valence-corrected chi connectivity index (χ4v) is 4.56. The molecule has 0 saturated carbocycles. The van der Waals surface area contributed by atoms with E-state index in [9.17, 15) is 10.1 Å². The molecule has 0 saturated heterocycles. The van der Waals surface area contributed by atoms with E-state index in [4.69, 9.17) is 0 Å². The first-order chi connectivity index (χ1) is 15.8. The molecule has 4 heteroatoms. The van der Waals surface area contributed by atoms with Crippen LogP contribution in [-0.2, 0) is 4.84 Å². The number of hydrogen-bond acceptors (Lipinski definition) is 3. The van der Waals surface area contributed by atoms with Crippen molar-refractivity contribution in [1.29, 1.82) is 0 Å². The van der Waals surface area contributed by atoms with Crippen LogP contribution in [0.25, 0.3) is 0 Å². The molecule has 0 unspecified atom stereocenters. The Morgan fingerprint density at radius 2 is 0.656 bits per heavy atom. The summed E-state index contributed by atoms with van der Waals surface area (Å²) >= 11 is 0. The average molecular weight is 456 g/mol. The van der Waals surface area contributed by atoms with E-state index in [0.717, 1.165) is 12.8 Å². The molecule has 32 heavy (non-hydrogen) atoms. The maximum absolute atomic E-state index is 10.0. The fourth-order valence-electron chi connectivity index (χ4n) is 4.56. The minimum absolute atomic E-state index is 0.256. The Morgan fingerprint density at radius 3 is 0.875 bits per heavy atom. The minimum Gasteiger partial charge on any atom is -0.314 e. The van der Waals surface area contributed by atoms with Crippen molar-refractivity contribution in [2.75, 3.05) is 6.61 Å². The summed E-state index contributed by atoms with van der Waals surface area (Å²) in [5.74, 6) is 0. The van der Waals surface area contributed by atoms with E-state index in [0.29, 0.717) is 0 Å². The molecule has 0 aliphatic rings. The van der Waals surface area contributed by atoms with Crippen LogP contribution in [0.15, 0.2) is 0 Å². The van der Waals surface area contributed by atoms with Gasteiger partial charge < -0.3 is 4.84 Å². The van der Waals surface area contributed by atoms with Gasteiger partial charge in [0.05, 0.1) is 6.61 Å². The van der Waals surface area contributed by atoms with Gasteiger partial charge >= 0.3 is 0 Å². The van der Waals surface area contributed by atoms with Crippen LogP contribution in [0, 0.1) is 10.1 Å². The molecule has 0 bridgehead atoms. The smallest absolute Gasteiger partial charge is 0.294 e. The molecule has 0 atom stereocenters. The molecule has 0 aliphatic heterocycles. The van der Waals surface area contributed by atoms with E-state index in [1.54, 1.807) is 0 Å². The van der Waals surface area contributed by atoms with E-state index in [1.807, 2.05) is 0 Å². The van der Waals surface area contributed by atoms with Crippen LogP contribution >= 0.6 is 0 Å². The Kier molecular flexibility index (Phi) is 27.5. The van der Waals surface area contributed by atoms with Gasteiger partial charge in [-0.15, -0.1) is 10.1 Å². The summed E-state index contributed by atoms with van der Waals surface area (Å²) in [5.41, 5.74) is 0. The molecule has 0 aromatic carbocycles. The summed E-state index contributed by atoms with van der Waals surface area (Å²) in [6, 6.07) is 0. The first-order valence-corrected chi connectivity index (χ1v) is 14.5. The Balaban J connectivity index is 3.00. The molecule has 0 radical (unpaired) electrons. The van der Waals surface area contributed by atoms with Crippen LogP contribution in [0.5, 0.6) is 0 Å². The van der Waals surface area contributed by atoms with Gasteiger partial charge in [-0.05, 0) is 6.42 Å². The Morgan fingerprint density at radius 1 is 0.438 bits per heavy atom. The highest BCUT2D eigenvalue weighted by atomic mass is 16.9. The maximum Gasteiger partial charge on any atom is 0.294 e. The third kappa shape index (κ3) is 29.2. The molecule has 0 heterocycles. The molecule has 0 aliphatic carbocycles. The van der Waals surface area contributed by atoms with Gasteiger partial charge in [-0.1, -0.05) is 167 Å². The van der Waals surface area contributed by atoms with Crippen LogP contribution < -0.4 is 0 Å². The number of rotatable bonds is 28. The van der Waals surface area contributed by atoms with Crippen molar-refractivity contribution >= 4 is 0 Å². The van der Waals surface area contributed by atoms with Gasteiger partial charge in [0.25, 0.3) is 5.09 Å². The topological polar surface area (TPSA) is 52.4 Å². The lowest BCUT2D eigenvalue weighted by molar-refractivity contribution is -0.757. The Bertz CT molecular complexity index is 363. The molecule has 4 nitrogen and oxygen atoms in total. The summed E-state index contributed by atoms with van der Waals surface area (Å²) in [6.07, 6.45) is 35.8. The second kappa shape index (κ2) is 28.2. The van der Waals surface area contributed by atoms with Crippen LogP contribution in [-0.4, -0.2) is 11.7 Å². The average Bonchev–Trinajstić information content (AvgIpc) is 2.78. The van der Waals surface area contributed by atoms with Crippen molar-refractivity contribution in [2.24, 2.45) is 0 Å². The van der Waals surface area contributed by atoms with Gasteiger partial charge in [-0.3, -0.25) is 0 Å². The Hall–Kier alpha value is -0.800. The molecule has 0 fully saturated rings. The quantitative estimate of drug-likeness (QED) is 0.0669. The first-order valence-electron chi connectivity index (χ1n) is 14.5. The summed E-state index contributed by atoms with van der Waals surface area (Å²) in [4.78, 5) is 14.3. The zero-order valence-corrected chi connectivity index (χ0v) is 21.8.